The highest BCUT2D eigenvalue weighted by Crippen LogP contribution is 2.12. The summed E-state index contributed by atoms with van der Waals surface area (Å²) >= 11 is 0. The van der Waals surface area contributed by atoms with E-state index in [1.807, 2.05) is 0 Å². The van der Waals surface area contributed by atoms with E-state index in [9.17, 15) is 13.2 Å². The minimum absolute atomic E-state index is 0.0418. The molecule has 140 valence electrons. The van der Waals surface area contributed by atoms with E-state index < -0.39 is 10.0 Å². The molecule has 2 rings (SSSR count). The first-order chi connectivity index (χ1) is 11.9. The summed E-state index contributed by atoms with van der Waals surface area (Å²) in [5, 5.41) is 3.00. The smallest absolute Gasteiger partial charge is 0.240 e. The van der Waals surface area contributed by atoms with Gasteiger partial charge >= 0.3 is 0 Å². The molecule has 1 aliphatic heterocycles. The van der Waals surface area contributed by atoms with Crippen LogP contribution >= 0.6 is 0 Å². The van der Waals surface area contributed by atoms with Crippen molar-refractivity contribution < 1.29 is 13.2 Å². The maximum Gasteiger partial charge on any atom is 0.240 e. The second kappa shape index (κ2) is 9.31. The Balaban J connectivity index is 1.70. The number of aryl methyl sites for hydroxylation is 1. The topological polar surface area (TPSA) is 78.5 Å². The maximum atomic E-state index is 12.0. The number of hydrogen-bond acceptors (Lipinski definition) is 4. The second-order valence-corrected chi connectivity index (χ2v) is 8.66. The molecule has 0 radical (unpaired) electrons. The molecule has 1 saturated heterocycles. The Hall–Kier alpha value is -1.44. The molecule has 25 heavy (non-hydrogen) atoms. The zero-order chi connectivity index (χ0) is 18.3. The molecule has 0 aliphatic carbocycles. The van der Waals surface area contributed by atoms with Crippen LogP contribution in [0.4, 0.5) is 0 Å². The van der Waals surface area contributed by atoms with Gasteiger partial charge in [-0.25, -0.2) is 13.1 Å². The van der Waals surface area contributed by atoms with Gasteiger partial charge in [0.15, 0.2) is 0 Å². The average Bonchev–Trinajstić information content (AvgIpc) is 3.11. The van der Waals surface area contributed by atoms with Crippen molar-refractivity contribution in [3.63, 3.8) is 0 Å². The van der Waals surface area contributed by atoms with Gasteiger partial charge in [-0.15, -0.1) is 0 Å². The minimum atomic E-state index is -3.41. The summed E-state index contributed by atoms with van der Waals surface area (Å²) in [7, 11) is -2.02. The third kappa shape index (κ3) is 6.41. The Kier molecular flexibility index (Phi) is 7.40. The Morgan fingerprint density at radius 1 is 1.20 bits per heavy atom. The van der Waals surface area contributed by atoms with E-state index in [2.05, 4.69) is 21.9 Å². The second-order valence-electron chi connectivity index (χ2n) is 6.77. The number of nitrogens with zero attached hydrogens (tertiary/aromatic N) is 1. The molecule has 0 spiro atoms. The molecule has 1 aliphatic rings. The third-order valence-corrected chi connectivity index (χ3v) is 5.99. The summed E-state index contributed by atoms with van der Waals surface area (Å²) in [6, 6.07) is 6.65. The Morgan fingerprint density at radius 2 is 1.84 bits per heavy atom. The molecule has 1 atom stereocenters. The highest BCUT2D eigenvalue weighted by atomic mass is 32.2. The monoisotopic (exact) mass is 367 g/mol. The Labute approximate surface area is 151 Å². The zero-order valence-corrected chi connectivity index (χ0v) is 15.9. The van der Waals surface area contributed by atoms with Crippen LogP contribution in [0.5, 0.6) is 0 Å². The summed E-state index contributed by atoms with van der Waals surface area (Å²) in [5.74, 6) is 0.494. The first kappa shape index (κ1) is 19.9. The van der Waals surface area contributed by atoms with Gasteiger partial charge in [0, 0.05) is 19.5 Å². The summed E-state index contributed by atoms with van der Waals surface area (Å²) in [6.45, 7) is 6.27. The number of rotatable bonds is 9. The van der Waals surface area contributed by atoms with Crippen molar-refractivity contribution in [1.29, 1.82) is 0 Å². The van der Waals surface area contributed by atoms with Crippen LogP contribution in [0.25, 0.3) is 0 Å². The van der Waals surface area contributed by atoms with Gasteiger partial charge in [0.2, 0.25) is 15.9 Å². The predicted molar refractivity (Wildman–Crippen MR) is 98.9 cm³/mol. The SMILES string of the molecule is CNS(=O)(=O)c1ccc(CCC(=O)NCC(C)CN2CCCC2)cc1. The molecule has 1 aromatic carbocycles. The molecule has 1 aromatic rings. The van der Waals surface area contributed by atoms with Gasteiger partial charge in [-0.1, -0.05) is 19.1 Å². The van der Waals surface area contributed by atoms with Crippen molar-refractivity contribution in [3.05, 3.63) is 29.8 Å². The quantitative estimate of drug-likeness (QED) is 0.691. The first-order valence-electron chi connectivity index (χ1n) is 8.92. The lowest BCUT2D eigenvalue weighted by Crippen LogP contribution is -2.34. The number of carbonyl (C=O) groups is 1. The summed E-state index contributed by atoms with van der Waals surface area (Å²) in [6.07, 6.45) is 3.59. The Bertz CT molecular complexity index is 653. The lowest BCUT2D eigenvalue weighted by molar-refractivity contribution is -0.121. The first-order valence-corrected chi connectivity index (χ1v) is 10.4. The summed E-state index contributed by atoms with van der Waals surface area (Å²) < 4.78 is 25.6. The number of amides is 1. The van der Waals surface area contributed by atoms with Gasteiger partial charge in [0.05, 0.1) is 4.90 Å². The molecule has 1 amide bonds. The van der Waals surface area contributed by atoms with Gasteiger partial charge in [0.25, 0.3) is 0 Å². The van der Waals surface area contributed by atoms with Crippen LogP contribution < -0.4 is 10.0 Å². The summed E-state index contributed by atoms with van der Waals surface area (Å²) in [5.41, 5.74) is 0.954. The van der Waals surface area contributed by atoms with E-state index in [1.54, 1.807) is 24.3 Å². The van der Waals surface area contributed by atoms with Gasteiger partial charge in [-0.2, -0.15) is 0 Å². The van der Waals surface area contributed by atoms with Crippen molar-refractivity contribution in [2.24, 2.45) is 5.92 Å². The molecule has 7 heteroatoms. The van der Waals surface area contributed by atoms with Crippen LogP contribution in [0, 0.1) is 5.92 Å². The van der Waals surface area contributed by atoms with Crippen molar-refractivity contribution in [2.75, 3.05) is 33.2 Å². The number of nitrogens with one attached hydrogen (secondary N) is 2. The van der Waals surface area contributed by atoms with E-state index in [4.69, 9.17) is 0 Å². The number of benzene rings is 1. The van der Waals surface area contributed by atoms with E-state index >= 15 is 0 Å². The molecule has 0 aromatic heterocycles. The molecule has 1 heterocycles. The van der Waals surface area contributed by atoms with Crippen molar-refractivity contribution in [3.8, 4) is 0 Å². The highest BCUT2D eigenvalue weighted by Gasteiger charge is 2.15. The molecule has 1 unspecified atom stereocenters. The molecule has 0 saturated carbocycles. The van der Waals surface area contributed by atoms with E-state index in [0.717, 1.165) is 12.1 Å². The standard InChI is InChI=1S/C18H29N3O3S/c1-15(14-21-11-3-4-12-21)13-20-18(22)10-7-16-5-8-17(9-6-16)25(23,24)19-2/h5-6,8-9,15,19H,3-4,7,10-14H2,1-2H3,(H,20,22). The van der Waals surface area contributed by atoms with Gasteiger partial charge in [-0.05, 0) is 63.0 Å². The van der Waals surface area contributed by atoms with Gasteiger partial charge in [0.1, 0.15) is 0 Å². The zero-order valence-electron chi connectivity index (χ0n) is 15.1. The number of carbonyl (C=O) groups excluding carboxylic acids is 1. The molecule has 1 fully saturated rings. The van der Waals surface area contributed by atoms with Crippen molar-refractivity contribution >= 4 is 15.9 Å². The number of sulfonamides is 1. The fourth-order valence-corrected chi connectivity index (χ4v) is 3.79. The third-order valence-electron chi connectivity index (χ3n) is 4.56. The fourth-order valence-electron chi connectivity index (χ4n) is 3.06. The van der Waals surface area contributed by atoms with E-state index in [1.165, 1.54) is 33.0 Å². The van der Waals surface area contributed by atoms with Crippen LogP contribution in [0.3, 0.4) is 0 Å². The lowest BCUT2D eigenvalue weighted by atomic mass is 10.1. The largest absolute Gasteiger partial charge is 0.356 e. The molecule has 0 bridgehead atoms. The maximum absolute atomic E-state index is 12.0. The van der Waals surface area contributed by atoms with E-state index in [0.29, 0.717) is 25.3 Å². The number of likely N-dealkylation sites (tertiary alicyclic amines) is 1. The van der Waals surface area contributed by atoms with Crippen LogP contribution in [0.15, 0.2) is 29.2 Å². The predicted octanol–water partition coefficient (Wildman–Crippen LogP) is 1.38. The molecular weight excluding hydrogens is 338 g/mol. The normalized spacial score (nSPS) is 16.7. The minimum Gasteiger partial charge on any atom is -0.356 e. The highest BCUT2D eigenvalue weighted by molar-refractivity contribution is 7.89. The fraction of sp³-hybridized carbons (Fsp3) is 0.611. The van der Waals surface area contributed by atoms with Crippen LogP contribution in [-0.4, -0.2) is 52.5 Å². The molecular formula is C18H29N3O3S. The Morgan fingerprint density at radius 3 is 2.44 bits per heavy atom. The van der Waals surface area contributed by atoms with Crippen LogP contribution in [0.2, 0.25) is 0 Å². The lowest BCUT2D eigenvalue weighted by Gasteiger charge is -2.20. The van der Waals surface area contributed by atoms with Crippen LogP contribution in [0.1, 0.15) is 31.7 Å². The van der Waals surface area contributed by atoms with Crippen molar-refractivity contribution in [1.82, 2.24) is 14.9 Å². The van der Waals surface area contributed by atoms with Gasteiger partial charge in [-0.3, -0.25) is 4.79 Å². The van der Waals surface area contributed by atoms with Gasteiger partial charge < -0.3 is 10.2 Å². The van der Waals surface area contributed by atoms with E-state index in [-0.39, 0.29) is 10.8 Å². The molecule has 2 N–H and O–H groups in total. The van der Waals surface area contributed by atoms with Crippen LogP contribution in [-0.2, 0) is 21.2 Å². The number of hydrogen-bond donors (Lipinski definition) is 2. The molecule has 6 nitrogen and oxygen atoms in total. The summed E-state index contributed by atoms with van der Waals surface area (Å²) in [4.78, 5) is 14.7. The van der Waals surface area contributed by atoms with Crippen molar-refractivity contribution in [2.45, 2.75) is 37.5 Å². The average molecular weight is 368 g/mol.